The highest BCUT2D eigenvalue weighted by atomic mass is 32.2. The van der Waals surface area contributed by atoms with Crippen molar-refractivity contribution in [1.29, 1.82) is 0 Å². The molecule has 0 saturated carbocycles. The van der Waals surface area contributed by atoms with Crippen LogP contribution >= 0.6 is 0 Å². The highest BCUT2D eigenvalue weighted by Gasteiger charge is 2.36. The first-order valence-corrected chi connectivity index (χ1v) is 11.5. The van der Waals surface area contributed by atoms with Gasteiger partial charge in [0.15, 0.2) is 9.84 Å². The Balaban J connectivity index is 1.78. The predicted molar refractivity (Wildman–Crippen MR) is 114 cm³/mol. The Kier molecular flexibility index (Phi) is 5.60. The number of hydrogen-bond acceptors (Lipinski definition) is 3. The third kappa shape index (κ3) is 4.34. The Morgan fingerprint density at radius 1 is 0.786 bits per heavy atom. The molecule has 3 aromatic carbocycles. The smallest absolute Gasteiger partial charge is 0.151 e. The molecule has 4 rings (SSSR count). The van der Waals surface area contributed by atoms with Gasteiger partial charge in [0.1, 0.15) is 0 Å². The van der Waals surface area contributed by atoms with Crippen molar-refractivity contribution in [3.05, 3.63) is 108 Å². The van der Waals surface area contributed by atoms with Gasteiger partial charge in [0.25, 0.3) is 0 Å². The number of rotatable bonds is 6. The monoisotopic (exact) mass is 391 g/mol. The van der Waals surface area contributed by atoms with E-state index < -0.39 is 9.84 Å². The summed E-state index contributed by atoms with van der Waals surface area (Å²) in [7, 11) is -2.97. The molecule has 3 nitrogen and oxygen atoms in total. The Morgan fingerprint density at radius 2 is 1.29 bits per heavy atom. The fourth-order valence-electron chi connectivity index (χ4n) is 4.11. The van der Waals surface area contributed by atoms with Gasteiger partial charge in [-0.2, -0.15) is 0 Å². The van der Waals surface area contributed by atoms with Crippen LogP contribution in [0.4, 0.5) is 0 Å². The maximum absolute atomic E-state index is 12.3. The maximum Gasteiger partial charge on any atom is 0.151 e. The molecule has 0 unspecified atom stereocenters. The van der Waals surface area contributed by atoms with Crippen LogP contribution in [0, 0.1) is 0 Å². The molecule has 0 radical (unpaired) electrons. The van der Waals surface area contributed by atoms with Gasteiger partial charge in [-0.15, -0.1) is 0 Å². The second-order valence-corrected chi connectivity index (χ2v) is 9.67. The summed E-state index contributed by atoms with van der Waals surface area (Å²) in [5.41, 5.74) is 3.58. The molecule has 1 atom stereocenters. The number of benzene rings is 3. The van der Waals surface area contributed by atoms with Crippen LogP contribution in [0.15, 0.2) is 91.0 Å². The summed E-state index contributed by atoms with van der Waals surface area (Å²) >= 11 is 0. The average molecular weight is 392 g/mol. The summed E-state index contributed by atoms with van der Waals surface area (Å²) in [6.07, 6.45) is 0.686. The van der Waals surface area contributed by atoms with E-state index in [1.165, 1.54) is 16.7 Å². The van der Waals surface area contributed by atoms with Crippen molar-refractivity contribution < 1.29 is 8.42 Å². The van der Waals surface area contributed by atoms with Gasteiger partial charge < -0.3 is 0 Å². The summed E-state index contributed by atoms with van der Waals surface area (Å²) in [6.45, 7) is 0.718. The normalized spacial score (nSPS) is 18.6. The van der Waals surface area contributed by atoms with Gasteiger partial charge in [0.05, 0.1) is 17.5 Å². The molecule has 0 aromatic heterocycles. The van der Waals surface area contributed by atoms with E-state index in [1.807, 2.05) is 30.3 Å². The molecular weight excluding hydrogens is 366 g/mol. The molecule has 28 heavy (non-hydrogen) atoms. The molecule has 0 aliphatic carbocycles. The summed E-state index contributed by atoms with van der Waals surface area (Å²) in [5, 5.41) is 0. The Morgan fingerprint density at radius 3 is 1.75 bits per heavy atom. The zero-order valence-corrected chi connectivity index (χ0v) is 16.6. The average Bonchev–Trinajstić information content (AvgIpc) is 3.09. The lowest BCUT2D eigenvalue weighted by molar-refractivity contribution is 0.160. The molecule has 144 valence electrons. The lowest BCUT2D eigenvalue weighted by Crippen LogP contribution is -2.39. The Labute approximate surface area is 167 Å². The van der Waals surface area contributed by atoms with Crippen LogP contribution in [0.1, 0.15) is 29.2 Å². The summed E-state index contributed by atoms with van der Waals surface area (Å²) in [5.74, 6) is 0.509. The number of nitrogens with zero attached hydrogens (tertiary/aromatic N) is 1. The molecule has 1 fully saturated rings. The quantitative estimate of drug-likeness (QED) is 0.622. The fraction of sp³-hybridized carbons (Fsp3) is 0.250. The van der Waals surface area contributed by atoms with Crippen molar-refractivity contribution in [3.8, 4) is 0 Å². The van der Waals surface area contributed by atoms with Gasteiger partial charge in [-0.25, -0.2) is 8.42 Å². The fourth-order valence-corrected chi connectivity index (χ4v) is 5.85. The van der Waals surface area contributed by atoms with E-state index in [0.29, 0.717) is 6.42 Å². The summed E-state index contributed by atoms with van der Waals surface area (Å²) < 4.78 is 24.5. The first-order valence-electron chi connectivity index (χ1n) is 9.72. The van der Waals surface area contributed by atoms with E-state index in [0.717, 1.165) is 6.54 Å². The van der Waals surface area contributed by atoms with Crippen molar-refractivity contribution in [2.24, 2.45) is 0 Å². The Bertz CT molecular complexity index is 949. The van der Waals surface area contributed by atoms with Gasteiger partial charge in [-0.3, -0.25) is 4.90 Å². The summed E-state index contributed by atoms with van der Waals surface area (Å²) in [4.78, 5) is 2.38. The highest BCUT2D eigenvalue weighted by Crippen LogP contribution is 2.34. The van der Waals surface area contributed by atoms with Crippen LogP contribution in [0.2, 0.25) is 0 Å². The molecule has 0 amide bonds. The zero-order chi connectivity index (χ0) is 19.4. The van der Waals surface area contributed by atoms with Crippen LogP contribution < -0.4 is 0 Å². The first kappa shape index (κ1) is 18.9. The minimum Gasteiger partial charge on any atom is -0.284 e. The van der Waals surface area contributed by atoms with Crippen molar-refractivity contribution in [2.75, 3.05) is 11.5 Å². The molecule has 1 heterocycles. The van der Waals surface area contributed by atoms with Gasteiger partial charge in [-0.1, -0.05) is 91.0 Å². The minimum absolute atomic E-state index is 0.00983. The van der Waals surface area contributed by atoms with Crippen LogP contribution in [-0.2, 0) is 16.4 Å². The molecular formula is C24H25NO2S. The van der Waals surface area contributed by atoms with Gasteiger partial charge in [0.2, 0.25) is 0 Å². The van der Waals surface area contributed by atoms with Crippen molar-refractivity contribution >= 4 is 9.84 Å². The molecule has 1 aliphatic rings. The first-order chi connectivity index (χ1) is 13.6. The van der Waals surface area contributed by atoms with Gasteiger partial charge >= 0.3 is 0 Å². The standard InChI is InChI=1S/C24H25NO2S/c26-28(27)17-16-23(19-28)25(18-20-10-4-1-5-11-20)24(21-12-6-2-7-13-21)22-14-8-3-9-15-22/h1-15,23-24H,16-19H2/t23-/m1/s1. The SMILES string of the molecule is O=S1(=O)CC[C@@H](N(Cc2ccccc2)C(c2ccccc2)c2ccccc2)C1. The largest absolute Gasteiger partial charge is 0.284 e. The predicted octanol–water partition coefficient (Wildman–Crippen LogP) is 4.47. The van der Waals surface area contributed by atoms with Gasteiger partial charge in [0, 0.05) is 12.6 Å². The van der Waals surface area contributed by atoms with E-state index in [1.54, 1.807) is 0 Å². The molecule has 3 aromatic rings. The maximum atomic E-state index is 12.3. The second-order valence-electron chi connectivity index (χ2n) is 7.44. The van der Waals surface area contributed by atoms with Crippen molar-refractivity contribution in [1.82, 2.24) is 4.90 Å². The van der Waals surface area contributed by atoms with Gasteiger partial charge in [-0.05, 0) is 23.1 Å². The van der Waals surface area contributed by atoms with E-state index >= 15 is 0 Å². The van der Waals surface area contributed by atoms with Crippen molar-refractivity contribution in [2.45, 2.75) is 25.0 Å². The lowest BCUT2D eigenvalue weighted by atomic mass is 9.94. The third-order valence-electron chi connectivity index (χ3n) is 5.45. The zero-order valence-electron chi connectivity index (χ0n) is 15.8. The summed E-state index contributed by atoms with van der Waals surface area (Å²) in [6, 6.07) is 31.2. The second kappa shape index (κ2) is 8.29. The van der Waals surface area contributed by atoms with E-state index in [4.69, 9.17) is 0 Å². The molecule has 0 spiro atoms. The van der Waals surface area contributed by atoms with Crippen LogP contribution in [0.5, 0.6) is 0 Å². The minimum atomic E-state index is -2.97. The molecule has 1 aliphatic heterocycles. The van der Waals surface area contributed by atoms with E-state index in [9.17, 15) is 8.42 Å². The van der Waals surface area contributed by atoms with Crippen LogP contribution in [0.3, 0.4) is 0 Å². The Hall–Kier alpha value is -2.43. The van der Waals surface area contributed by atoms with Crippen molar-refractivity contribution in [3.63, 3.8) is 0 Å². The van der Waals surface area contributed by atoms with Crippen LogP contribution in [-0.4, -0.2) is 30.9 Å². The van der Waals surface area contributed by atoms with E-state index in [2.05, 4.69) is 65.6 Å². The molecule has 0 N–H and O–H groups in total. The lowest BCUT2D eigenvalue weighted by Gasteiger charge is -2.37. The van der Waals surface area contributed by atoms with E-state index in [-0.39, 0.29) is 23.6 Å². The number of sulfone groups is 1. The molecule has 0 bridgehead atoms. The van der Waals surface area contributed by atoms with Crippen LogP contribution in [0.25, 0.3) is 0 Å². The third-order valence-corrected chi connectivity index (χ3v) is 7.20. The number of hydrogen-bond donors (Lipinski definition) is 0. The highest BCUT2D eigenvalue weighted by molar-refractivity contribution is 7.91. The topological polar surface area (TPSA) is 37.4 Å². The molecule has 1 saturated heterocycles. The molecule has 4 heteroatoms.